The van der Waals surface area contributed by atoms with Crippen molar-refractivity contribution in [1.82, 2.24) is 4.98 Å². The summed E-state index contributed by atoms with van der Waals surface area (Å²) in [6.07, 6.45) is 9.96. The molecule has 7 aromatic rings. The second-order valence-electron chi connectivity index (χ2n) is 11.5. The molecule has 0 spiro atoms. The summed E-state index contributed by atoms with van der Waals surface area (Å²) in [7, 11) is 0. The van der Waals surface area contributed by atoms with E-state index in [1.54, 1.807) is 0 Å². The highest BCUT2D eigenvalue weighted by atomic mass is 32.1. The van der Waals surface area contributed by atoms with E-state index < -0.39 is 0 Å². The van der Waals surface area contributed by atoms with Crippen LogP contribution in [0.2, 0.25) is 0 Å². The van der Waals surface area contributed by atoms with E-state index in [0.29, 0.717) is 5.89 Å². The fourth-order valence-electron chi connectivity index (χ4n) is 6.68. The number of fused-ring (bicyclic) bond motifs is 5. The van der Waals surface area contributed by atoms with Crippen LogP contribution >= 0.6 is 11.3 Å². The van der Waals surface area contributed by atoms with Gasteiger partial charge in [-0.2, -0.15) is 0 Å². The molecule has 214 valence electrons. The Labute approximate surface area is 265 Å². The van der Waals surface area contributed by atoms with Crippen LogP contribution < -0.4 is 15.7 Å². The zero-order valence-electron chi connectivity index (χ0n) is 24.4. The minimum atomic E-state index is 0.200. The molecule has 45 heavy (non-hydrogen) atoms. The summed E-state index contributed by atoms with van der Waals surface area (Å²) in [5, 5.41) is 3.56. The third-order valence-electron chi connectivity index (χ3n) is 8.82. The van der Waals surface area contributed by atoms with Gasteiger partial charge in [-0.3, -0.25) is 0 Å². The lowest BCUT2D eigenvalue weighted by Gasteiger charge is -2.32. The Balaban J connectivity index is 1.20. The maximum atomic E-state index is 6.23. The van der Waals surface area contributed by atoms with Gasteiger partial charge >= 0.3 is 0 Å². The van der Waals surface area contributed by atoms with E-state index in [9.17, 15) is 0 Å². The minimum Gasteiger partial charge on any atom is -0.436 e. The molecule has 0 fully saturated rings. The number of hydrogen-bond acceptors (Lipinski definition) is 4. The molecule has 1 unspecified atom stereocenters. The largest absolute Gasteiger partial charge is 0.436 e. The van der Waals surface area contributed by atoms with Crippen molar-refractivity contribution in [2.75, 3.05) is 4.90 Å². The monoisotopic (exact) mass is 596 g/mol. The maximum absolute atomic E-state index is 6.23. The molecule has 2 aliphatic carbocycles. The lowest BCUT2D eigenvalue weighted by molar-refractivity contribution is 0.535. The van der Waals surface area contributed by atoms with Gasteiger partial charge in [0.15, 0.2) is 5.42 Å². The first-order valence-electron chi connectivity index (χ1n) is 15.3. The van der Waals surface area contributed by atoms with Crippen LogP contribution in [-0.4, -0.2) is 4.98 Å². The molecular weight excluding hydrogens is 569 g/mol. The van der Waals surface area contributed by atoms with Crippen LogP contribution in [0.15, 0.2) is 156 Å². The zero-order chi connectivity index (χ0) is 29.7. The Kier molecular flexibility index (Phi) is 6.13. The first-order chi connectivity index (χ1) is 22.3. The molecule has 0 radical (unpaired) electrons. The van der Waals surface area contributed by atoms with E-state index in [4.69, 9.17) is 9.40 Å². The number of allylic oxidation sites excluding steroid dienone is 3. The highest BCUT2D eigenvalue weighted by molar-refractivity contribution is 7.25. The standard InChI is InChI=1S/C41H28N2OS/c1-3-11-27(12-4-1)32-15-7-9-17-36(32)43(31-21-23-35-34-16-8-10-18-38(34)45-39(35)26-31)30-20-22-33-29(25-30)19-24-37-40(33)42-41(44-37)28-13-5-2-6-14-28/h1-18,20-26,29H,19H2. The van der Waals surface area contributed by atoms with Crippen molar-refractivity contribution in [3.8, 4) is 22.6 Å². The van der Waals surface area contributed by atoms with E-state index >= 15 is 0 Å². The summed E-state index contributed by atoms with van der Waals surface area (Å²) >= 11 is 1.85. The van der Waals surface area contributed by atoms with E-state index in [0.717, 1.165) is 39.8 Å². The van der Waals surface area contributed by atoms with Gasteiger partial charge in [0.1, 0.15) is 5.35 Å². The Morgan fingerprint density at radius 3 is 2.29 bits per heavy atom. The number of anilines is 2. The smallest absolute Gasteiger partial charge is 0.227 e. The number of thiophene rings is 1. The third kappa shape index (κ3) is 4.45. The summed E-state index contributed by atoms with van der Waals surface area (Å²) in [5.74, 6) is 0.869. The molecule has 1 atom stereocenters. The minimum absolute atomic E-state index is 0.200. The fourth-order valence-corrected chi connectivity index (χ4v) is 7.81. The lowest BCUT2D eigenvalue weighted by Crippen LogP contribution is -2.32. The molecule has 2 aromatic heterocycles. The maximum Gasteiger partial charge on any atom is 0.227 e. The highest BCUT2D eigenvalue weighted by Crippen LogP contribution is 2.43. The third-order valence-corrected chi connectivity index (χ3v) is 9.95. The second kappa shape index (κ2) is 10.6. The van der Waals surface area contributed by atoms with Crippen LogP contribution in [0.25, 0.3) is 54.4 Å². The molecule has 0 N–H and O–H groups in total. The summed E-state index contributed by atoms with van der Waals surface area (Å²) in [4.78, 5) is 7.40. The summed E-state index contributed by atoms with van der Waals surface area (Å²) in [6.45, 7) is 0. The molecule has 2 aliphatic rings. The summed E-state index contributed by atoms with van der Waals surface area (Å²) in [5.41, 5.74) is 8.90. The number of aromatic nitrogens is 1. The summed E-state index contributed by atoms with van der Waals surface area (Å²) < 4.78 is 8.83. The number of benzene rings is 5. The Morgan fingerprint density at radius 1 is 0.689 bits per heavy atom. The fraction of sp³-hybridized carbons (Fsp3) is 0.0488. The number of nitrogens with zero attached hydrogens (tertiary/aromatic N) is 2. The van der Waals surface area contributed by atoms with Crippen LogP contribution in [0.3, 0.4) is 0 Å². The molecule has 0 saturated carbocycles. The van der Waals surface area contributed by atoms with Gasteiger partial charge in [0, 0.05) is 48.6 Å². The van der Waals surface area contributed by atoms with Gasteiger partial charge in [0.2, 0.25) is 5.89 Å². The molecule has 4 heteroatoms. The van der Waals surface area contributed by atoms with Crippen molar-refractivity contribution >= 4 is 54.5 Å². The molecule has 3 nitrogen and oxygen atoms in total. The van der Waals surface area contributed by atoms with Crippen molar-refractivity contribution in [3.63, 3.8) is 0 Å². The van der Waals surface area contributed by atoms with Crippen molar-refractivity contribution < 1.29 is 4.42 Å². The van der Waals surface area contributed by atoms with Gasteiger partial charge < -0.3 is 9.32 Å². The van der Waals surface area contributed by atoms with Gasteiger partial charge in [-0.25, -0.2) is 4.98 Å². The SMILES string of the molecule is C1=CC2=c3nc(-c4ccccc4)oc3=CCC2C=C1N(c1ccc2c(c1)sc1ccccc12)c1ccccc1-c1ccccc1. The van der Waals surface area contributed by atoms with Crippen LogP contribution in [0.1, 0.15) is 6.42 Å². The van der Waals surface area contributed by atoms with Crippen LogP contribution in [0.5, 0.6) is 0 Å². The van der Waals surface area contributed by atoms with Crippen LogP contribution in [0.4, 0.5) is 11.4 Å². The van der Waals surface area contributed by atoms with Crippen molar-refractivity contribution in [2.45, 2.75) is 6.42 Å². The second-order valence-corrected chi connectivity index (χ2v) is 12.6. The van der Waals surface area contributed by atoms with Gasteiger partial charge in [0.25, 0.3) is 0 Å². The summed E-state index contributed by atoms with van der Waals surface area (Å²) in [6, 6.07) is 45.1. The van der Waals surface area contributed by atoms with E-state index in [1.807, 2.05) is 41.7 Å². The van der Waals surface area contributed by atoms with E-state index in [2.05, 4.69) is 126 Å². The Bertz CT molecular complexity index is 2410. The van der Waals surface area contributed by atoms with Crippen LogP contribution in [-0.2, 0) is 0 Å². The average molecular weight is 597 g/mol. The van der Waals surface area contributed by atoms with Gasteiger partial charge in [-0.1, -0.05) is 103 Å². The van der Waals surface area contributed by atoms with Crippen LogP contribution in [0, 0.1) is 5.92 Å². The molecular formula is C41H28N2OS. The molecule has 0 bridgehead atoms. The Hall–Kier alpha value is -5.45. The molecule has 0 saturated heterocycles. The predicted octanol–water partition coefficient (Wildman–Crippen LogP) is 9.62. The molecule has 5 aromatic carbocycles. The Morgan fingerprint density at radius 2 is 1.42 bits per heavy atom. The van der Waals surface area contributed by atoms with Crippen molar-refractivity contribution in [2.24, 2.45) is 5.92 Å². The molecule has 2 heterocycles. The van der Waals surface area contributed by atoms with Crippen molar-refractivity contribution in [1.29, 1.82) is 0 Å². The first-order valence-corrected chi connectivity index (χ1v) is 16.1. The van der Waals surface area contributed by atoms with Crippen molar-refractivity contribution in [3.05, 3.63) is 162 Å². The topological polar surface area (TPSA) is 29.3 Å². The number of para-hydroxylation sites is 1. The molecule has 0 aliphatic heterocycles. The predicted molar refractivity (Wildman–Crippen MR) is 188 cm³/mol. The molecule has 0 amide bonds. The highest BCUT2D eigenvalue weighted by Gasteiger charge is 2.26. The molecule has 9 rings (SSSR count). The normalized spacial score (nSPS) is 15.4. The number of oxazole rings is 1. The number of rotatable bonds is 5. The first kappa shape index (κ1) is 26.0. The number of hydrogen-bond donors (Lipinski definition) is 0. The van der Waals surface area contributed by atoms with Gasteiger partial charge in [0.05, 0.1) is 5.69 Å². The lowest BCUT2D eigenvalue weighted by atomic mass is 9.87. The quantitative estimate of drug-likeness (QED) is 0.198. The zero-order valence-corrected chi connectivity index (χ0v) is 25.2. The van der Waals surface area contributed by atoms with Gasteiger partial charge in [-0.05, 0) is 66.1 Å². The van der Waals surface area contributed by atoms with E-state index in [1.165, 1.54) is 36.9 Å². The van der Waals surface area contributed by atoms with E-state index in [-0.39, 0.29) is 5.92 Å². The van der Waals surface area contributed by atoms with Gasteiger partial charge in [-0.15, -0.1) is 11.3 Å². The average Bonchev–Trinajstić information content (AvgIpc) is 3.71.